The molecule has 0 radical (unpaired) electrons. The van der Waals surface area contributed by atoms with Crippen molar-refractivity contribution in [2.75, 3.05) is 18.0 Å². The molecular formula is C10H11F2N5. The number of alkyl halides is 2. The van der Waals surface area contributed by atoms with Gasteiger partial charge in [-0.05, 0) is 0 Å². The van der Waals surface area contributed by atoms with Crippen molar-refractivity contribution >= 4 is 17.0 Å². The lowest BCUT2D eigenvalue weighted by Crippen LogP contribution is -2.39. The van der Waals surface area contributed by atoms with Crippen molar-refractivity contribution in [2.24, 2.45) is 0 Å². The molecule has 1 saturated heterocycles. The summed E-state index contributed by atoms with van der Waals surface area (Å²) in [6.45, 7) is 0.607. The van der Waals surface area contributed by atoms with Crippen LogP contribution in [0.15, 0.2) is 12.7 Å². The highest BCUT2D eigenvalue weighted by Crippen LogP contribution is 2.31. The summed E-state index contributed by atoms with van der Waals surface area (Å²) in [5, 5.41) is 0. The van der Waals surface area contributed by atoms with E-state index in [1.54, 1.807) is 0 Å². The van der Waals surface area contributed by atoms with Crippen molar-refractivity contribution in [3.8, 4) is 0 Å². The van der Waals surface area contributed by atoms with E-state index in [1.807, 2.05) is 4.90 Å². The van der Waals surface area contributed by atoms with Gasteiger partial charge in [-0.15, -0.1) is 0 Å². The van der Waals surface area contributed by atoms with E-state index < -0.39 is 5.92 Å². The monoisotopic (exact) mass is 239 g/mol. The third-order valence-electron chi connectivity index (χ3n) is 3.00. The molecule has 1 N–H and O–H groups in total. The van der Waals surface area contributed by atoms with Gasteiger partial charge < -0.3 is 9.88 Å². The van der Waals surface area contributed by atoms with Crippen molar-refractivity contribution in [1.82, 2.24) is 19.9 Å². The molecule has 0 bridgehead atoms. The largest absolute Gasteiger partial charge is 0.354 e. The van der Waals surface area contributed by atoms with Gasteiger partial charge in [-0.25, -0.2) is 23.7 Å². The van der Waals surface area contributed by atoms with E-state index in [9.17, 15) is 8.78 Å². The van der Waals surface area contributed by atoms with E-state index in [0.29, 0.717) is 30.1 Å². The Labute approximate surface area is 95.9 Å². The van der Waals surface area contributed by atoms with E-state index in [2.05, 4.69) is 19.9 Å². The summed E-state index contributed by atoms with van der Waals surface area (Å²) in [6, 6.07) is 0. The molecule has 5 nitrogen and oxygen atoms in total. The van der Waals surface area contributed by atoms with Crippen LogP contribution in [0, 0.1) is 0 Å². The average molecular weight is 239 g/mol. The number of hydrogen-bond donors (Lipinski definition) is 1. The van der Waals surface area contributed by atoms with Crippen LogP contribution >= 0.6 is 0 Å². The van der Waals surface area contributed by atoms with Crippen molar-refractivity contribution in [3.05, 3.63) is 12.7 Å². The summed E-state index contributed by atoms with van der Waals surface area (Å²) in [6.07, 6.45) is 2.67. The van der Waals surface area contributed by atoms with Crippen molar-refractivity contribution in [3.63, 3.8) is 0 Å². The number of fused-ring (bicyclic) bond motifs is 1. The van der Waals surface area contributed by atoms with Crippen LogP contribution in [0.3, 0.4) is 0 Å². The molecule has 0 aromatic carbocycles. The number of hydrogen-bond acceptors (Lipinski definition) is 4. The Bertz CT molecular complexity index is 528. The van der Waals surface area contributed by atoms with Gasteiger partial charge in [-0.3, -0.25) is 0 Å². The zero-order chi connectivity index (χ0) is 11.9. The Morgan fingerprint density at radius 1 is 1.18 bits per heavy atom. The van der Waals surface area contributed by atoms with Gasteiger partial charge in [0.1, 0.15) is 11.8 Å². The minimum atomic E-state index is -2.55. The van der Waals surface area contributed by atoms with Gasteiger partial charge in [0, 0.05) is 25.9 Å². The fraction of sp³-hybridized carbons (Fsp3) is 0.500. The summed E-state index contributed by atoms with van der Waals surface area (Å²) in [4.78, 5) is 17.0. The first-order chi connectivity index (χ1) is 8.16. The first kappa shape index (κ1) is 10.4. The van der Waals surface area contributed by atoms with Crippen molar-refractivity contribution < 1.29 is 8.78 Å². The highest BCUT2D eigenvalue weighted by molar-refractivity contribution is 5.82. The number of rotatable bonds is 1. The van der Waals surface area contributed by atoms with Crippen LogP contribution in [0.5, 0.6) is 0 Å². The Morgan fingerprint density at radius 3 is 2.71 bits per heavy atom. The maximum absolute atomic E-state index is 13.1. The molecule has 2 aromatic rings. The second-order valence-corrected chi connectivity index (χ2v) is 4.14. The minimum Gasteiger partial charge on any atom is -0.354 e. The van der Waals surface area contributed by atoms with E-state index >= 15 is 0 Å². The lowest BCUT2D eigenvalue weighted by Gasteiger charge is -2.32. The number of piperidine rings is 1. The predicted octanol–water partition coefficient (Wildman–Crippen LogP) is 1.59. The molecule has 90 valence electrons. The van der Waals surface area contributed by atoms with Gasteiger partial charge in [-0.2, -0.15) is 0 Å². The second-order valence-electron chi connectivity index (χ2n) is 4.14. The van der Waals surface area contributed by atoms with E-state index in [4.69, 9.17) is 0 Å². The molecule has 0 aliphatic carbocycles. The molecule has 7 heteroatoms. The van der Waals surface area contributed by atoms with Crippen LogP contribution in [0.1, 0.15) is 12.8 Å². The van der Waals surface area contributed by atoms with Crippen molar-refractivity contribution in [1.29, 1.82) is 0 Å². The first-order valence-corrected chi connectivity index (χ1v) is 5.43. The number of anilines is 1. The molecule has 3 rings (SSSR count). The summed E-state index contributed by atoms with van der Waals surface area (Å²) < 4.78 is 26.1. The fourth-order valence-corrected chi connectivity index (χ4v) is 2.04. The SMILES string of the molecule is FC1(F)CCN(c2ncnc3nc[nH]c23)CC1. The van der Waals surface area contributed by atoms with Gasteiger partial charge in [0.15, 0.2) is 11.5 Å². The number of halogens is 2. The van der Waals surface area contributed by atoms with E-state index in [0.717, 1.165) is 0 Å². The molecular weight excluding hydrogens is 228 g/mol. The Kier molecular flexibility index (Phi) is 2.20. The molecule has 17 heavy (non-hydrogen) atoms. The van der Waals surface area contributed by atoms with Crippen LogP contribution < -0.4 is 4.90 Å². The summed E-state index contributed by atoms with van der Waals surface area (Å²) in [5.74, 6) is -1.89. The second kappa shape index (κ2) is 3.61. The van der Waals surface area contributed by atoms with Gasteiger partial charge in [0.05, 0.1) is 6.33 Å². The number of nitrogens with one attached hydrogen (secondary N) is 1. The quantitative estimate of drug-likeness (QED) is 0.821. The van der Waals surface area contributed by atoms with Crippen LogP contribution in [-0.4, -0.2) is 38.9 Å². The smallest absolute Gasteiger partial charge is 0.251 e. The lowest BCUT2D eigenvalue weighted by molar-refractivity contribution is -0.0221. The Morgan fingerprint density at radius 2 is 1.94 bits per heavy atom. The number of H-pyrrole nitrogens is 1. The molecule has 0 unspecified atom stereocenters. The number of nitrogens with zero attached hydrogens (tertiary/aromatic N) is 4. The predicted molar refractivity (Wildman–Crippen MR) is 58.1 cm³/mol. The molecule has 1 aliphatic heterocycles. The Balaban J connectivity index is 1.92. The Hall–Kier alpha value is -1.79. The van der Waals surface area contributed by atoms with Gasteiger partial charge >= 0.3 is 0 Å². The first-order valence-electron chi connectivity index (χ1n) is 5.43. The molecule has 3 heterocycles. The normalized spacial score (nSPS) is 19.8. The maximum atomic E-state index is 13.1. The zero-order valence-corrected chi connectivity index (χ0v) is 9.03. The van der Waals surface area contributed by atoms with Crippen LogP contribution in [0.25, 0.3) is 11.2 Å². The number of aromatic nitrogens is 4. The standard InChI is InChI=1S/C10H11F2N5/c11-10(12)1-3-17(4-2-10)9-7-8(14-5-13-7)15-6-16-9/h5-6H,1-4H2,(H,13,14,15,16). The van der Waals surface area contributed by atoms with E-state index in [-0.39, 0.29) is 12.8 Å². The molecule has 0 saturated carbocycles. The molecule has 0 amide bonds. The van der Waals surface area contributed by atoms with Gasteiger partial charge in [-0.1, -0.05) is 0 Å². The fourth-order valence-electron chi connectivity index (χ4n) is 2.04. The van der Waals surface area contributed by atoms with E-state index in [1.165, 1.54) is 12.7 Å². The van der Waals surface area contributed by atoms with Crippen LogP contribution in [0.2, 0.25) is 0 Å². The molecule has 2 aromatic heterocycles. The maximum Gasteiger partial charge on any atom is 0.251 e. The summed E-state index contributed by atoms with van der Waals surface area (Å²) in [7, 11) is 0. The average Bonchev–Trinajstić information content (AvgIpc) is 2.77. The van der Waals surface area contributed by atoms with Gasteiger partial charge in [0.25, 0.3) is 5.92 Å². The molecule has 0 atom stereocenters. The number of aromatic amines is 1. The minimum absolute atomic E-state index is 0.132. The lowest BCUT2D eigenvalue weighted by atomic mass is 10.1. The molecule has 0 spiro atoms. The summed E-state index contributed by atoms with van der Waals surface area (Å²) >= 11 is 0. The summed E-state index contributed by atoms with van der Waals surface area (Å²) in [5.41, 5.74) is 1.27. The zero-order valence-electron chi connectivity index (χ0n) is 9.03. The van der Waals surface area contributed by atoms with Crippen molar-refractivity contribution in [2.45, 2.75) is 18.8 Å². The van der Waals surface area contributed by atoms with Crippen LogP contribution in [0.4, 0.5) is 14.6 Å². The highest BCUT2D eigenvalue weighted by atomic mass is 19.3. The molecule has 1 fully saturated rings. The third kappa shape index (κ3) is 1.81. The topological polar surface area (TPSA) is 57.7 Å². The number of imidazole rings is 1. The van der Waals surface area contributed by atoms with Gasteiger partial charge in [0.2, 0.25) is 0 Å². The third-order valence-corrected chi connectivity index (χ3v) is 3.00. The van der Waals surface area contributed by atoms with Crippen LogP contribution in [-0.2, 0) is 0 Å². The molecule has 1 aliphatic rings. The highest BCUT2D eigenvalue weighted by Gasteiger charge is 2.34.